The Morgan fingerprint density at radius 1 is 1.39 bits per heavy atom. The molecular weight excluding hydrogens is 228 g/mol. The summed E-state index contributed by atoms with van der Waals surface area (Å²) in [5.41, 5.74) is 0.899. The van der Waals surface area contributed by atoms with Gasteiger partial charge in [0.05, 0.1) is 5.52 Å². The summed E-state index contributed by atoms with van der Waals surface area (Å²) in [5.74, 6) is 0.380. The van der Waals surface area contributed by atoms with Gasteiger partial charge < -0.3 is 10.1 Å². The van der Waals surface area contributed by atoms with Gasteiger partial charge in [0.15, 0.2) is 0 Å². The lowest BCUT2D eigenvalue weighted by atomic mass is 10.2. The Balaban J connectivity index is 1.79. The third-order valence-corrected chi connectivity index (χ3v) is 3.14. The van der Waals surface area contributed by atoms with E-state index in [0.717, 1.165) is 30.3 Å². The van der Waals surface area contributed by atoms with Crippen molar-refractivity contribution in [3.63, 3.8) is 0 Å². The first kappa shape index (κ1) is 11.2. The number of rotatable bonds is 2. The number of fused-ring (bicyclic) bond motifs is 1. The van der Waals surface area contributed by atoms with E-state index in [1.54, 1.807) is 12.3 Å². The predicted molar refractivity (Wildman–Crippen MR) is 68.4 cm³/mol. The minimum absolute atomic E-state index is 0.158. The predicted octanol–water partition coefficient (Wildman–Crippen LogP) is 1.89. The minimum Gasteiger partial charge on any atom is -0.425 e. The second-order valence-electron chi connectivity index (χ2n) is 4.43. The van der Waals surface area contributed by atoms with E-state index in [1.807, 2.05) is 24.3 Å². The Labute approximate surface area is 105 Å². The zero-order chi connectivity index (χ0) is 12.4. The van der Waals surface area contributed by atoms with Crippen molar-refractivity contribution in [3.8, 4) is 5.75 Å². The summed E-state index contributed by atoms with van der Waals surface area (Å²) in [4.78, 5) is 16.1. The molecule has 2 aromatic rings. The van der Waals surface area contributed by atoms with Crippen LogP contribution in [0.15, 0.2) is 36.5 Å². The van der Waals surface area contributed by atoms with Gasteiger partial charge in [-0.2, -0.15) is 0 Å². The fourth-order valence-corrected chi connectivity index (χ4v) is 2.19. The Morgan fingerprint density at radius 3 is 3.17 bits per heavy atom. The molecule has 0 aliphatic carbocycles. The summed E-state index contributed by atoms with van der Waals surface area (Å²) >= 11 is 0. The van der Waals surface area contributed by atoms with Crippen LogP contribution < -0.4 is 10.1 Å². The molecule has 1 unspecified atom stereocenters. The maximum atomic E-state index is 11.9. The van der Waals surface area contributed by atoms with Crippen LogP contribution in [0.1, 0.15) is 12.8 Å². The molecule has 1 fully saturated rings. The van der Waals surface area contributed by atoms with E-state index in [2.05, 4.69) is 10.3 Å². The first-order valence-corrected chi connectivity index (χ1v) is 6.13. The average Bonchev–Trinajstić information content (AvgIpc) is 2.92. The largest absolute Gasteiger partial charge is 0.425 e. The summed E-state index contributed by atoms with van der Waals surface area (Å²) in [6.45, 7) is 0.890. The molecule has 18 heavy (non-hydrogen) atoms. The highest BCUT2D eigenvalue weighted by Gasteiger charge is 2.23. The molecule has 1 aliphatic rings. The van der Waals surface area contributed by atoms with Crippen molar-refractivity contribution in [3.05, 3.63) is 36.5 Å². The maximum absolute atomic E-state index is 11.9. The van der Waals surface area contributed by atoms with E-state index in [4.69, 9.17) is 4.74 Å². The van der Waals surface area contributed by atoms with Crippen LogP contribution in [0.2, 0.25) is 0 Å². The van der Waals surface area contributed by atoms with Crippen LogP contribution in [0.5, 0.6) is 5.75 Å². The highest BCUT2D eigenvalue weighted by atomic mass is 16.5. The quantitative estimate of drug-likeness (QED) is 0.645. The monoisotopic (exact) mass is 242 g/mol. The number of benzene rings is 1. The average molecular weight is 242 g/mol. The molecular formula is C14H14N2O2. The smallest absolute Gasteiger partial charge is 0.328 e. The fraction of sp³-hybridized carbons (Fsp3) is 0.286. The van der Waals surface area contributed by atoms with E-state index in [9.17, 15) is 4.79 Å². The summed E-state index contributed by atoms with van der Waals surface area (Å²) in [7, 11) is 0. The van der Waals surface area contributed by atoms with Gasteiger partial charge in [0.1, 0.15) is 11.8 Å². The second-order valence-corrected chi connectivity index (χ2v) is 4.43. The molecule has 0 spiro atoms. The number of nitrogens with zero attached hydrogens (tertiary/aromatic N) is 1. The molecule has 1 saturated heterocycles. The number of hydrogen-bond acceptors (Lipinski definition) is 4. The van der Waals surface area contributed by atoms with Gasteiger partial charge in [-0.15, -0.1) is 0 Å². The number of esters is 1. The molecule has 0 amide bonds. The Hall–Kier alpha value is -1.94. The number of carbonyl (C=O) groups is 1. The zero-order valence-electron chi connectivity index (χ0n) is 9.93. The van der Waals surface area contributed by atoms with E-state index < -0.39 is 0 Å². The highest BCUT2D eigenvalue weighted by molar-refractivity contribution is 5.83. The first-order valence-electron chi connectivity index (χ1n) is 6.13. The molecule has 4 heteroatoms. The number of carbonyl (C=O) groups excluding carboxylic acids is 1. The summed E-state index contributed by atoms with van der Waals surface area (Å²) in [6.07, 6.45) is 3.63. The van der Waals surface area contributed by atoms with E-state index >= 15 is 0 Å². The normalized spacial score (nSPS) is 19.0. The standard InChI is InChI=1S/C14H14N2O2/c17-14(13-4-2-8-16-13)18-11-5-6-12-10(9-11)3-1-7-15-12/h1,3,5-7,9,13,16H,2,4,8H2. The molecule has 2 heterocycles. The Bertz CT molecular complexity index is 577. The third kappa shape index (κ3) is 2.19. The van der Waals surface area contributed by atoms with Gasteiger partial charge in [-0.25, -0.2) is 4.79 Å². The summed E-state index contributed by atoms with van der Waals surface area (Å²) in [6, 6.07) is 9.15. The summed E-state index contributed by atoms with van der Waals surface area (Å²) in [5, 5.41) is 4.10. The molecule has 0 saturated carbocycles. The molecule has 0 bridgehead atoms. The molecule has 1 aromatic heterocycles. The van der Waals surface area contributed by atoms with Crippen LogP contribution >= 0.6 is 0 Å². The number of pyridine rings is 1. The Kier molecular flexibility index (Phi) is 2.94. The van der Waals surface area contributed by atoms with Gasteiger partial charge in [-0.3, -0.25) is 4.98 Å². The fourth-order valence-electron chi connectivity index (χ4n) is 2.19. The van der Waals surface area contributed by atoms with Crippen LogP contribution in [0.3, 0.4) is 0 Å². The molecule has 92 valence electrons. The van der Waals surface area contributed by atoms with Gasteiger partial charge in [-0.1, -0.05) is 6.07 Å². The van der Waals surface area contributed by atoms with E-state index in [0.29, 0.717) is 5.75 Å². The molecule has 1 N–H and O–H groups in total. The van der Waals surface area contributed by atoms with Crippen molar-refractivity contribution < 1.29 is 9.53 Å². The maximum Gasteiger partial charge on any atom is 0.328 e. The topological polar surface area (TPSA) is 51.2 Å². The number of hydrogen-bond donors (Lipinski definition) is 1. The van der Waals surface area contributed by atoms with Crippen molar-refractivity contribution in [2.45, 2.75) is 18.9 Å². The van der Waals surface area contributed by atoms with Crippen molar-refractivity contribution in [1.29, 1.82) is 0 Å². The van der Waals surface area contributed by atoms with Gasteiger partial charge in [-0.05, 0) is 43.7 Å². The van der Waals surface area contributed by atoms with E-state index in [-0.39, 0.29) is 12.0 Å². The first-order chi connectivity index (χ1) is 8.83. The van der Waals surface area contributed by atoms with Gasteiger partial charge in [0, 0.05) is 11.6 Å². The van der Waals surface area contributed by atoms with Crippen molar-refractivity contribution in [2.75, 3.05) is 6.54 Å². The van der Waals surface area contributed by atoms with Crippen LogP contribution in [-0.2, 0) is 4.79 Å². The molecule has 1 aromatic carbocycles. The van der Waals surface area contributed by atoms with Gasteiger partial charge >= 0.3 is 5.97 Å². The second kappa shape index (κ2) is 4.74. The number of ether oxygens (including phenoxy) is 1. The summed E-state index contributed by atoms with van der Waals surface area (Å²) < 4.78 is 5.38. The molecule has 1 aliphatic heterocycles. The SMILES string of the molecule is O=C(Oc1ccc2ncccc2c1)C1CCCN1. The molecule has 0 radical (unpaired) electrons. The zero-order valence-corrected chi connectivity index (χ0v) is 9.93. The molecule has 4 nitrogen and oxygen atoms in total. The van der Waals surface area contributed by atoms with Gasteiger partial charge in [0.2, 0.25) is 0 Å². The lowest BCUT2D eigenvalue weighted by Gasteiger charge is -2.10. The van der Waals surface area contributed by atoms with Crippen molar-refractivity contribution >= 4 is 16.9 Å². The van der Waals surface area contributed by atoms with Crippen molar-refractivity contribution in [2.24, 2.45) is 0 Å². The third-order valence-electron chi connectivity index (χ3n) is 3.14. The van der Waals surface area contributed by atoms with Gasteiger partial charge in [0.25, 0.3) is 0 Å². The van der Waals surface area contributed by atoms with Crippen molar-refractivity contribution in [1.82, 2.24) is 10.3 Å². The van der Waals surface area contributed by atoms with Crippen LogP contribution in [0.4, 0.5) is 0 Å². The van der Waals surface area contributed by atoms with E-state index in [1.165, 1.54) is 0 Å². The highest BCUT2D eigenvalue weighted by Crippen LogP contribution is 2.20. The van der Waals surface area contributed by atoms with Crippen LogP contribution in [-0.4, -0.2) is 23.5 Å². The van der Waals surface area contributed by atoms with Crippen LogP contribution in [0, 0.1) is 0 Å². The lowest BCUT2D eigenvalue weighted by molar-refractivity contribution is -0.136. The molecule has 1 atom stereocenters. The number of aromatic nitrogens is 1. The Morgan fingerprint density at radius 2 is 2.33 bits per heavy atom. The minimum atomic E-state index is -0.198. The lowest BCUT2D eigenvalue weighted by Crippen LogP contribution is -2.34. The van der Waals surface area contributed by atoms with Crippen LogP contribution in [0.25, 0.3) is 10.9 Å². The number of nitrogens with one attached hydrogen (secondary N) is 1. The molecule has 3 rings (SSSR count).